The first kappa shape index (κ1) is 16.6. The highest BCUT2D eigenvalue weighted by atomic mass is 16.7. The van der Waals surface area contributed by atoms with Crippen molar-refractivity contribution in [3.63, 3.8) is 0 Å². The zero-order valence-corrected chi connectivity index (χ0v) is 14.2. The molecule has 0 fully saturated rings. The van der Waals surface area contributed by atoms with E-state index in [0.717, 1.165) is 0 Å². The summed E-state index contributed by atoms with van der Waals surface area (Å²) >= 11 is 0. The van der Waals surface area contributed by atoms with Crippen LogP contribution in [0.2, 0.25) is 0 Å². The van der Waals surface area contributed by atoms with Gasteiger partial charge in [0, 0.05) is 10.9 Å². The number of hydrogen-bond acceptors (Lipinski definition) is 7. The molecule has 0 saturated heterocycles. The first-order valence-electron chi connectivity index (χ1n) is 7.96. The summed E-state index contributed by atoms with van der Waals surface area (Å²) in [6.07, 6.45) is 1.44. The van der Waals surface area contributed by atoms with Crippen LogP contribution in [0.15, 0.2) is 46.3 Å². The molecule has 2 heterocycles. The van der Waals surface area contributed by atoms with E-state index in [1.54, 1.807) is 36.4 Å². The topological polar surface area (TPSA) is 115 Å². The van der Waals surface area contributed by atoms with Crippen LogP contribution in [0.3, 0.4) is 0 Å². The minimum atomic E-state index is -0.550. The minimum absolute atomic E-state index is 0.0746. The number of carbonyl (C=O) groups excluding carboxylic acids is 1. The highest BCUT2D eigenvalue weighted by Crippen LogP contribution is 2.41. The van der Waals surface area contributed by atoms with E-state index in [4.69, 9.17) is 14.2 Å². The maximum absolute atomic E-state index is 12.4. The molecular weight excluding hydrogens is 352 g/mol. The van der Waals surface area contributed by atoms with Crippen LogP contribution in [0.1, 0.15) is 16.1 Å². The van der Waals surface area contributed by atoms with Crippen molar-refractivity contribution >= 4 is 22.9 Å². The van der Waals surface area contributed by atoms with Gasteiger partial charge >= 0.3 is 0 Å². The number of fused-ring (bicyclic) bond motifs is 2. The lowest BCUT2D eigenvalue weighted by molar-refractivity contribution is 0.0951. The summed E-state index contributed by atoms with van der Waals surface area (Å²) < 4.78 is 15.9. The number of hydrogen-bond donors (Lipinski definition) is 2. The highest BCUT2D eigenvalue weighted by Gasteiger charge is 2.19. The van der Waals surface area contributed by atoms with E-state index >= 15 is 0 Å². The summed E-state index contributed by atoms with van der Waals surface area (Å²) in [5, 5.41) is 10.9. The molecule has 1 aliphatic heterocycles. The second-order valence-electron chi connectivity index (χ2n) is 5.60. The fourth-order valence-electron chi connectivity index (χ4n) is 2.73. The van der Waals surface area contributed by atoms with Gasteiger partial charge in [-0.05, 0) is 18.2 Å². The van der Waals surface area contributed by atoms with Gasteiger partial charge in [-0.1, -0.05) is 18.2 Å². The average molecular weight is 366 g/mol. The summed E-state index contributed by atoms with van der Waals surface area (Å²) in [5.74, 6) is 1.02. The number of ether oxygens (including phenoxy) is 3. The molecular formula is C18H14N4O5. The van der Waals surface area contributed by atoms with Crippen molar-refractivity contribution in [3.05, 3.63) is 58.0 Å². The van der Waals surface area contributed by atoms with Gasteiger partial charge in [-0.15, -0.1) is 0 Å². The Kier molecular flexibility index (Phi) is 4.17. The number of methoxy groups -OCH3 is 1. The maximum atomic E-state index is 12.4. The minimum Gasteiger partial charge on any atom is -0.493 e. The third-order valence-corrected chi connectivity index (χ3v) is 3.97. The van der Waals surface area contributed by atoms with Crippen LogP contribution in [-0.4, -0.2) is 36.2 Å². The highest BCUT2D eigenvalue weighted by molar-refractivity contribution is 6.04. The lowest BCUT2D eigenvalue weighted by Crippen LogP contribution is -2.22. The Morgan fingerprint density at radius 2 is 2.11 bits per heavy atom. The van der Waals surface area contributed by atoms with Crippen molar-refractivity contribution in [1.29, 1.82) is 0 Å². The Morgan fingerprint density at radius 1 is 1.30 bits per heavy atom. The standard InChI is InChI=1S/C18H14N4O5/c1-25-13-6-10(7-14-16(13)27-9-26-14)8-19-21-18(24)15-11-4-2-3-5-12(11)17(23)22-20-15/h2-8H,9H2,1H3,(H,21,24)(H,22,23)/b19-8-. The summed E-state index contributed by atoms with van der Waals surface area (Å²) in [6, 6.07) is 10.1. The van der Waals surface area contributed by atoms with Crippen molar-refractivity contribution < 1.29 is 19.0 Å². The van der Waals surface area contributed by atoms with Crippen LogP contribution in [0.4, 0.5) is 0 Å². The van der Waals surface area contributed by atoms with Gasteiger partial charge in [0.15, 0.2) is 17.2 Å². The molecule has 27 heavy (non-hydrogen) atoms. The molecule has 0 aliphatic carbocycles. The van der Waals surface area contributed by atoms with Gasteiger partial charge in [-0.25, -0.2) is 10.5 Å². The number of H-pyrrole nitrogens is 1. The van der Waals surface area contributed by atoms with Crippen LogP contribution >= 0.6 is 0 Å². The van der Waals surface area contributed by atoms with E-state index in [-0.39, 0.29) is 18.0 Å². The molecule has 2 N–H and O–H groups in total. The fourth-order valence-corrected chi connectivity index (χ4v) is 2.73. The zero-order valence-electron chi connectivity index (χ0n) is 14.2. The quantitative estimate of drug-likeness (QED) is 0.533. The second kappa shape index (κ2) is 6.79. The van der Waals surface area contributed by atoms with Gasteiger partial charge in [0.25, 0.3) is 11.5 Å². The van der Waals surface area contributed by atoms with E-state index < -0.39 is 5.91 Å². The molecule has 136 valence electrons. The Balaban J connectivity index is 1.57. The number of hydrazone groups is 1. The molecule has 1 aromatic heterocycles. The predicted octanol–water partition coefficient (Wildman–Crippen LogP) is 1.42. The van der Waals surface area contributed by atoms with Gasteiger partial charge < -0.3 is 14.2 Å². The van der Waals surface area contributed by atoms with Gasteiger partial charge in [0.2, 0.25) is 12.5 Å². The van der Waals surface area contributed by atoms with Crippen LogP contribution in [0.5, 0.6) is 17.2 Å². The third kappa shape index (κ3) is 3.06. The predicted molar refractivity (Wildman–Crippen MR) is 96.5 cm³/mol. The summed E-state index contributed by atoms with van der Waals surface area (Å²) in [4.78, 5) is 24.2. The molecule has 4 rings (SSSR count). The molecule has 0 radical (unpaired) electrons. The van der Waals surface area contributed by atoms with Gasteiger partial charge in [0.1, 0.15) is 0 Å². The molecule has 9 heteroatoms. The van der Waals surface area contributed by atoms with Crippen molar-refractivity contribution in [2.24, 2.45) is 5.10 Å². The monoisotopic (exact) mass is 366 g/mol. The average Bonchev–Trinajstić information content (AvgIpc) is 3.16. The van der Waals surface area contributed by atoms with E-state index in [9.17, 15) is 9.59 Å². The molecule has 2 aromatic carbocycles. The van der Waals surface area contributed by atoms with E-state index in [1.165, 1.54) is 13.3 Å². The largest absolute Gasteiger partial charge is 0.493 e. The Labute approximate surface area is 152 Å². The number of amides is 1. The smallest absolute Gasteiger partial charge is 0.292 e. The molecule has 0 unspecified atom stereocenters. The number of aromatic amines is 1. The molecule has 0 bridgehead atoms. The van der Waals surface area contributed by atoms with E-state index in [0.29, 0.717) is 33.6 Å². The molecule has 0 saturated carbocycles. The molecule has 0 spiro atoms. The lowest BCUT2D eigenvalue weighted by Gasteiger charge is -2.06. The third-order valence-electron chi connectivity index (χ3n) is 3.97. The first-order valence-corrected chi connectivity index (χ1v) is 7.96. The summed E-state index contributed by atoms with van der Waals surface area (Å²) in [7, 11) is 1.52. The number of rotatable bonds is 4. The van der Waals surface area contributed by atoms with E-state index in [2.05, 4.69) is 20.7 Å². The second-order valence-corrected chi connectivity index (χ2v) is 5.60. The van der Waals surface area contributed by atoms with Crippen molar-refractivity contribution in [2.45, 2.75) is 0 Å². The lowest BCUT2D eigenvalue weighted by atomic mass is 10.1. The molecule has 3 aromatic rings. The zero-order chi connectivity index (χ0) is 18.8. The normalized spacial score (nSPS) is 12.5. The first-order chi connectivity index (χ1) is 13.2. The van der Waals surface area contributed by atoms with Crippen molar-refractivity contribution in [3.8, 4) is 17.2 Å². The maximum Gasteiger partial charge on any atom is 0.292 e. The Morgan fingerprint density at radius 3 is 2.93 bits per heavy atom. The number of nitrogens with one attached hydrogen (secondary N) is 2. The number of carbonyl (C=O) groups is 1. The molecule has 9 nitrogen and oxygen atoms in total. The van der Waals surface area contributed by atoms with Gasteiger partial charge in [-0.2, -0.15) is 10.2 Å². The molecule has 1 aliphatic rings. The van der Waals surface area contributed by atoms with Crippen LogP contribution < -0.4 is 25.2 Å². The van der Waals surface area contributed by atoms with Crippen LogP contribution in [-0.2, 0) is 0 Å². The SMILES string of the molecule is COc1cc(/C=N\NC(=O)c2n[nH]c(=O)c3ccccc23)cc2c1OCO2. The summed E-state index contributed by atoms with van der Waals surface area (Å²) in [6.45, 7) is 0.119. The van der Waals surface area contributed by atoms with Crippen LogP contribution in [0.25, 0.3) is 10.8 Å². The van der Waals surface area contributed by atoms with Gasteiger partial charge in [0.05, 0.1) is 18.7 Å². The fraction of sp³-hybridized carbons (Fsp3) is 0.111. The number of nitrogens with zero attached hydrogens (tertiary/aromatic N) is 2. The molecule has 1 amide bonds. The Hall–Kier alpha value is -3.88. The van der Waals surface area contributed by atoms with Crippen molar-refractivity contribution in [2.75, 3.05) is 13.9 Å². The van der Waals surface area contributed by atoms with E-state index in [1.807, 2.05) is 0 Å². The number of aromatic nitrogens is 2. The van der Waals surface area contributed by atoms with Crippen molar-refractivity contribution in [1.82, 2.24) is 15.6 Å². The van der Waals surface area contributed by atoms with Gasteiger partial charge in [-0.3, -0.25) is 9.59 Å². The number of benzene rings is 2. The summed E-state index contributed by atoms with van der Waals surface area (Å²) in [5.41, 5.74) is 2.76. The molecule has 0 atom stereocenters. The van der Waals surface area contributed by atoms with Crippen LogP contribution in [0, 0.1) is 0 Å². The Bertz CT molecular complexity index is 1120.